The summed E-state index contributed by atoms with van der Waals surface area (Å²) in [4.78, 5) is 13.2. The quantitative estimate of drug-likeness (QED) is 0.0261. The van der Waals surface area contributed by atoms with E-state index in [1.807, 2.05) is 0 Å². The van der Waals surface area contributed by atoms with Gasteiger partial charge in [-0.05, 0) is 51.4 Å². The van der Waals surface area contributed by atoms with Crippen LogP contribution >= 0.6 is 0 Å². The summed E-state index contributed by atoms with van der Waals surface area (Å²) in [5.74, 6) is -0.134. The van der Waals surface area contributed by atoms with E-state index in [0.29, 0.717) is 12.8 Å². The summed E-state index contributed by atoms with van der Waals surface area (Å²) in [6.45, 7) is 3.79. The molecule has 1 heterocycles. The van der Waals surface area contributed by atoms with Crippen LogP contribution in [-0.4, -0.2) is 87.5 Å². The van der Waals surface area contributed by atoms with E-state index >= 15 is 0 Å². The monoisotopic (exact) mass is 1340 g/mol. The normalized spacial score (nSPS) is 17.7. The first-order valence-corrected chi connectivity index (χ1v) is 42.3. The molecule has 1 aliphatic rings. The fourth-order valence-electron chi connectivity index (χ4n) is 13.9. The molecule has 9 nitrogen and oxygen atoms in total. The number of rotatable bonds is 76. The number of aliphatic hydroxyl groups excluding tert-OH is 5. The van der Waals surface area contributed by atoms with Crippen molar-refractivity contribution in [3.8, 4) is 0 Å². The first kappa shape index (κ1) is 91.2. The lowest BCUT2D eigenvalue weighted by atomic mass is 9.99. The maximum atomic E-state index is 13.2. The van der Waals surface area contributed by atoms with Crippen molar-refractivity contribution in [1.82, 2.24) is 5.32 Å². The van der Waals surface area contributed by atoms with Gasteiger partial charge in [-0.2, -0.15) is 0 Å². The summed E-state index contributed by atoms with van der Waals surface area (Å²) >= 11 is 0. The minimum atomic E-state index is -1.55. The Kier molecular flexibility index (Phi) is 71.8. The highest BCUT2D eigenvalue weighted by molar-refractivity contribution is 5.76. The number of carbonyl (C=O) groups excluding carboxylic acids is 1. The molecule has 95 heavy (non-hydrogen) atoms. The molecular formula is C86H163NO8. The number of amides is 1. The molecule has 0 radical (unpaired) electrons. The van der Waals surface area contributed by atoms with Crippen LogP contribution in [0.3, 0.4) is 0 Å². The van der Waals surface area contributed by atoms with Gasteiger partial charge in [-0.1, -0.05) is 428 Å². The largest absolute Gasteiger partial charge is 0.394 e. The Balaban J connectivity index is 2.02. The Bertz CT molecular complexity index is 1650. The fourth-order valence-corrected chi connectivity index (χ4v) is 13.9. The van der Waals surface area contributed by atoms with Crippen molar-refractivity contribution in [2.75, 3.05) is 13.2 Å². The van der Waals surface area contributed by atoms with Crippen LogP contribution in [0.2, 0.25) is 0 Å². The molecule has 1 aliphatic heterocycles. The second-order valence-corrected chi connectivity index (χ2v) is 29.6. The van der Waals surface area contributed by atoms with Gasteiger partial charge >= 0.3 is 0 Å². The van der Waals surface area contributed by atoms with Crippen LogP contribution in [0.4, 0.5) is 0 Å². The third kappa shape index (κ3) is 62.9. The second-order valence-electron chi connectivity index (χ2n) is 29.6. The lowest BCUT2D eigenvalue weighted by Gasteiger charge is -2.40. The maximum absolute atomic E-state index is 13.2. The van der Waals surface area contributed by atoms with E-state index in [0.717, 1.165) is 64.2 Å². The average Bonchev–Trinajstić information content (AvgIpc) is 0.836. The van der Waals surface area contributed by atoms with Crippen LogP contribution in [0.25, 0.3) is 0 Å². The smallest absolute Gasteiger partial charge is 0.220 e. The number of allylic oxidation sites excluding steroid dienone is 8. The SMILES string of the molecule is CC/C=C\C/C=C\C/C=C\C/C=C\CCCCCCCCCCCCCCCCCCCCCCCCCCCCC(=O)NC(COC1OC(CO)C(O)C(O)C1O)C(O)CCCCCCCCCCCCCCCCCCCCCCCCCCCCCCCCCCC. The van der Waals surface area contributed by atoms with Crippen molar-refractivity contribution in [3.05, 3.63) is 48.6 Å². The van der Waals surface area contributed by atoms with E-state index in [-0.39, 0.29) is 12.5 Å². The Morgan fingerprint density at radius 2 is 0.653 bits per heavy atom. The summed E-state index contributed by atoms with van der Waals surface area (Å²) in [5.41, 5.74) is 0. The number of carbonyl (C=O) groups is 1. The molecule has 0 aromatic heterocycles. The van der Waals surface area contributed by atoms with Crippen molar-refractivity contribution in [2.45, 2.75) is 480 Å². The molecular weight excluding hydrogens is 1170 g/mol. The predicted molar refractivity (Wildman–Crippen MR) is 410 cm³/mol. The molecule has 0 bridgehead atoms. The van der Waals surface area contributed by atoms with E-state index in [2.05, 4.69) is 67.8 Å². The summed E-state index contributed by atoms with van der Waals surface area (Å²) in [7, 11) is 0. The number of ether oxygens (including phenoxy) is 2. The van der Waals surface area contributed by atoms with Crippen molar-refractivity contribution in [2.24, 2.45) is 0 Å². The van der Waals surface area contributed by atoms with Crippen LogP contribution < -0.4 is 5.32 Å². The van der Waals surface area contributed by atoms with Crippen LogP contribution in [0, 0.1) is 0 Å². The number of nitrogens with one attached hydrogen (secondary N) is 1. The summed E-state index contributed by atoms with van der Waals surface area (Å²) in [6, 6.07) is -0.720. The molecule has 9 heteroatoms. The molecule has 7 atom stereocenters. The standard InChI is InChI=1S/C86H163NO8/c1-3-5-7-9-11-13-15-17-19-21-23-25-27-29-31-33-35-37-38-39-40-41-42-44-46-48-50-52-54-56-58-60-62-64-66-68-70-72-74-76-82(90)87-79(78-94-86-85(93)84(92)83(91)81(77-88)95-86)80(89)75-73-71-69-67-65-63-61-59-57-55-53-51-49-47-45-43-36-34-32-30-28-26-24-22-20-18-16-14-12-10-8-6-4-2/h5,7,11,13,17,19,23,25,79-81,83-86,88-89,91-93H,3-4,6,8-10,12,14-16,18,20-22,24,26-78H2,1-2H3,(H,87,90)/b7-5-,13-11-,19-17-,25-23-. The van der Waals surface area contributed by atoms with Gasteiger partial charge in [-0.3, -0.25) is 4.79 Å². The van der Waals surface area contributed by atoms with Gasteiger partial charge in [0, 0.05) is 6.42 Å². The topological polar surface area (TPSA) is 149 Å². The molecule has 0 spiro atoms. The Labute approximate surface area is 590 Å². The first-order valence-electron chi connectivity index (χ1n) is 42.3. The Morgan fingerprint density at radius 1 is 0.368 bits per heavy atom. The Morgan fingerprint density at radius 3 is 0.968 bits per heavy atom. The molecule has 0 saturated carbocycles. The minimum absolute atomic E-state index is 0.133. The van der Waals surface area contributed by atoms with Gasteiger partial charge in [0.25, 0.3) is 0 Å². The van der Waals surface area contributed by atoms with Crippen LogP contribution in [-0.2, 0) is 14.3 Å². The minimum Gasteiger partial charge on any atom is -0.394 e. The van der Waals surface area contributed by atoms with Crippen molar-refractivity contribution in [1.29, 1.82) is 0 Å². The van der Waals surface area contributed by atoms with Crippen LogP contribution in [0.1, 0.15) is 438 Å². The van der Waals surface area contributed by atoms with E-state index in [1.165, 1.54) is 347 Å². The van der Waals surface area contributed by atoms with E-state index in [1.54, 1.807) is 0 Å². The zero-order valence-electron chi connectivity index (χ0n) is 63.2. The third-order valence-electron chi connectivity index (χ3n) is 20.4. The van der Waals surface area contributed by atoms with Gasteiger partial charge in [0.1, 0.15) is 24.4 Å². The number of hydrogen-bond acceptors (Lipinski definition) is 8. The van der Waals surface area contributed by atoms with Crippen LogP contribution in [0.5, 0.6) is 0 Å². The number of unbranched alkanes of at least 4 members (excludes halogenated alkanes) is 58. The van der Waals surface area contributed by atoms with Gasteiger partial charge in [-0.25, -0.2) is 0 Å². The lowest BCUT2D eigenvalue weighted by Crippen LogP contribution is -2.60. The van der Waals surface area contributed by atoms with Gasteiger partial charge in [0.15, 0.2) is 6.29 Å². The highest BCUT2D eigenvalue weighted by Gasteiger charge is 2.44. The summed E-state index contributed by atoms with van der Waals surface area (Å²) in [6.07, 6.45) is 96.8. The number of hydrogen-bond donors (Lipinski definition) is 6. The zero-order chi connectivity index (χ0) is 68.5. The molecule has 0 aliphatic carbocycles. The van der Waals surface area contributed by atoms with Crippen molar-refractivity contribution >= 4 is 5.91 Å². The summed E-state index contributed by atoms with van der Waals surface area (Å²) in [5, 5.41) is 55.2. The Hall–Kier alpha value is -1.85. The highest BCUT2D eigenvalue weighted by Crippen LogP contribution is 2.25. The van der Waals surface area contributed by atoms with Gasteiger partial charge in [-0.15, -0.1) is 0 Å². The van der Waals surface area contributed by atoms with Crippen molar-refractivity contribution < 1.29 is 39.8 Å². The summed E-state index contributed by atoms with van der Waals surface area (Å²) < 4.78 is 11.4. The molecule has 0 aromatic rings. The second kappa shape index (κ2) is 74.8. The first-order chi connectivity index (χ1) is 46.8. The molecule has 0 aromatic carbocycles. The molecule has 7 unspecified atom stereocenters. The maximum Gasteiger partial charge on any atom is 0.220 e. The van der Waals surface area contributed by atoms with Gasteiger partial charge in [0.05, 0.1) is 25.4 Å². The molecule has 6 N–H and O–H groups in total. The third-order valence-corrected chi connectivity index (χ3v) is 20.4. The fraction of sp³-hybridized carbons (Fsp3) is 0.895. The molecule has 1 amide bonds. The van der Waals surface area contributed by atoms with E-state index < -0.39 is 49.5 Å². The van der Waals surface area contributed by atoms with Gasteiger partial charge in [0.2, 0.25) is 5.91 Å². The average molecular weight is 1340 g/mol. The number of aliphatic hydroxyl groups is 5. The predicted octanol–water partition coefficient (Wildman–Crippen LogP) is 24.7. The zero-order valence-corrected chi connectivity index (χ0v) is 63.2. The van der Waals surface area contributed by atoms with E-state index in [4.69, 9.17) is 9.47 Å². The van der Waals surface area contributed by atoms with Crippen molar-refractivity contribution in [3.63, 3.8) is 0 Å². The van der Waals surface area contributed by atoms with Crippen LogP contribution in [0.15, 0.2) is 48.6 Å². The highest BCUT2D eigenvalue weighted by atomic mass is 16.7. The molecule has 1 rings (SSSR count). The lowest BCUT2D eigenvalue weighted by molar-refractivity contribution is -0.302. The van der Waals surface area contributed by atoms with Gasteiger partial charge < -0.3 is 40.3 Å². The van der Waals surface area contributed by atoms with E-state index in [9.17, 15) is 30.3 Å². The molecule has 1 fully saturated rings. The molecule has 1 saturated heterocycles. The molecule has 560 valence electrons.